The van der Waals surface area contributed by atoms with E-state index in [4.69, 9.17) is 13.1 Å². The maximum atomic E-state index is 11.7. The predicted molar refractivity (Wildman–Crippen MR) is 141 cm³/mol. The van der Waals surface area contributed by atoms with Crippen molar-refractivity contribution < 1.29 is 56.7 Å². The summed E-state index contributed by atoms with van der Waals surface area (Å²) in [7, 11) is 0. The number of carboxylic acid groups (broad SMARTS) is 2. The van der Waals surface area contributed by atoms with E-state index in [1.165, 1.54) is 26.3 Å². The SMILES string of the molecule is [2H]Oc1ccccc1C=N[C@@H](C)C(=O)N[C@@H](C)C(=O)O.[2H]Oc1ccccc1C=N[C@@H](C)C(=O)N[C@@H](C)C(=O)O.[Cu]. The van der Waals surface area contributed by atoms with Crippen LogP contribution in [0.25, 0.3) is 0 Å². The van der Waals surface area contributed by atoms with E-state index in [1.807, 2.05) is 0 Å². The normalized spacial score (nSPS) is 14.2. The molecule has 12 nitrogen and oxygen atoms in total. The van der Waals surface area contributed by atoms with Gasteiger partial charge in [-0.1, -0.05) is 24.3 Å². The van der Waals surface area contributed by atoms with Crippen LogP contribution in [0.4, 0.5) is 0 Å². The fraction of sp³-hybridized carbons (Fsp3) is 0.308. The van der Waals surface area contributed by atoms with Crippen LogP contribution in [0.15, 0.2) is 58.5 Å². The van der Waals surface area contributed by atoms with Gasteiger partial charge in [-0.05, 0) is 52.0 Å². The Bertz CT molecular complexity index is 1140. The average molecular weight is 594 g/mol. The molecule has 0 heterocycles. The summed E-state index contributed by atoms with van der Waals surface area (Å²) in [5.41, 5.74) is 1.13. The number of phenols is 2. The molecule has 0 aliphatic rings. The molecule has 0 aliphatic heterocycles. The molecule has 39 heavy (non-hydrogen) atoms. The topological polar surface area (TPSA) is 198 Å². The molecule has 4 atom stereocenters. The van der Waals surface area contributed by atoms with Gasteiger partial charge in [-0.15, -0.1) is 0 Å². The van der Waals surface area contributed by atoms with Gasteiger partial charge in [-0.3, -0.25) is 29.2 Å². The molecule has 2 rings (SSSR count). The van der Waals surface area contributed by atoms with Crippen LogP contribution in [0.2, 0.25) is 0 Å². The zero-order valence-electron chi connectivity index (χ0n) is 23.6. The van der Waals surface area contributed by atoms with Gasteiger partial charge in [0.25, 0.3) is 2.86 Å². The van der Waals surface area contributed by atoms with Gasteiger partial charge in [0.2, 0.25) is 11.8 Å². The van der Waals surface area contributed by atoms with Gasteiger partial charge in [0.15, 0.2) is 0 Å². The van der Waals surface area contributed by atoms with Gasteiger partial charge in [0, 0.05) is 40.6 Å². The maximum Gasteiger partial charge on any atom is 0.325 e. The molecule has 13 heteroatoms. The number of nitrogens with one attached hydrogen (secondary N) is 2. The number of aromatic hydroxyl groups is 2. The predicted octanol–water partition coefficient (Wildman–Crippen LogP) is 1.58. The Hall–Kier alpha value is -4.22. The number of benzene rings is 2. The van der Waals surface area contributed by atoms with Crippen LogP contribution in [0.1, 0.15) is 38.8 Å². The van der Waals surface area contributed by atoms with Crippen molar-refractivity contribution in [1.82, 2.24) is 10.6 Å². The molecular weight excluding hydrogens is 560 g/mol. The summed E-state index contributed by atoms with van der Waals surface area (Å²) in [6, 6.07) is 10.1. The number of para-hydroxylation sites is 2. The standard InChI is InChI=1S/2C13H16N2O4.Cu/c2*1-8(12(17)15-9(2)13(18)19)14-7-10-5-3-4-6-11(10)16;/h2*3-9,16H,1-2H3,(H,15,17)(H,18,19);/t2*8-,9-;/m00./s1/i/hD2. The molecule has 0 aromatic heterocycles. The molecule has 215 valence electrons. The Morgan fingerprint density at radius 2 is 1.05 bits per heavy atom. The first-order valence-corrected chi connectivity index (χ1v) is 11.5. The van der Waals surface area contributed by atoms with E-state index < -0.39 is 47.9 Å². The Balaban J connectivity index is 0.000000762. The van der Waals surface area contributed by atoms with Crippen molar-refractivity contribution in [1.29, 1.82) is 2.86 Å². The summed E-state index contributed by atoms with van der Waals surface area (Å²) in [4.78, 5) is 52.7. The van der Waals surface area contributed by atoms with E-state index in [0.29, 0.717) is 22.6 Å². The van der Waals surface area contributed by atoms with Gasteiger partial charge in [-0.25, -0.2) is 0 Å². The molecule has 0 unspecified atom stereocenters. The second kappa shape index (κ2) is 17.3. The van der Waals surface area contributed by atoms with Crippen LogP contribution in [0, 0.1) is 0 Å². The average Bonchev–Trinajstić information content (AvgIpc) is 2.94. The molecule has 2 aromatic carbocycles. The minimum Gasteiger partial charge on any atom is -0.507 e. The van der Waals surface area contributed by atoms with Crippen LogP contribution in [-0.4, -0.2) is 83.6 Å². The number of amides is 2. The first-order chi connectivity index (χ1) is 18.9. The third-order valence-corrected chi connectivity index (χ3v) is 4.93. The molecule has 2 aromatic rings. The molecule has 0 saturated heterocycles. The van der Waals surface area contributed by atoms with Crippen LogP contribution in [0.5, 0.6) is 11.5 Å². The summed E-state index contributed by atoms with van der Waals surface area (Å²) >= 11 is 0. The quantitative estimate of drug-likeness (QED) is 0.157. The fourth-order valence-electron chi connectivity index (χ4n) is 2.49. The Morgan fingerprint density at radius 1 is 0.718 bits per heavy atom. The van der Waals surface area contributed by atoms with E-state index in [2.05, 4.69) is 30.8 Å². The second-order valence-corrected chi connectivity index (χ2v) is 8.12. The Morgan fingerprint density at radius 3 is 1.36 bits per heavy atom. The van der Waals surface area contributed by atoms with Gasteiger partial charge >= 0.3 is 11.9 Å². The Labute approximate surface area is 239 Å². The molecule has 6 N–H and O–H groups in total. The number of carbonyl (C=O) groups excluding carboxylic acids is 2. The van der Waals surface area contributed by atoms with E-state index in [-0.39, 0.29) is 17.1 Å². The Kier molecular flexibility index (Phi) is 13.8. The third kappa shape index (κ3) is 12.7. The number of phenolic OH excluding ortho intramolecular Hbond substituents is 2. The first-order valence-electron chi connectivity index (χ1n) is 12.3. The van der Waals surface area contributed by atoms with Crippen molar-refractivity contribution in [2.75, 3.05) is 0 Å². The molecule has 0 bridgehead atoms. The van der Waals surface area contributed by atoms with Crippen LogP contribution in [-0.2, 0) is 36.2 Å². The summed E-state index contributed by atoms with van der Waals surface area (Å²) in [5, 5.41) is 30.9. The summed E-state index contributed by atoms with van der Waals surface area (Å²) in [6.07, 6.45) is 2.83. The van der Waals surface area contributed by atoms with E-state index >= 15 is 0 Å². The molecule has 1 radical (unpaired) electrons. The van der Waals surface area contributed by atoms with E-state index in [0.717, 1.165) is 0 Å². The molecule has 2 amide bonds. The van der Waals surface area contributed by atoms with Crippen LogP contribution >= 0.6 is 0 Å². The van der Waals surface area contributed by atoms with Crippen molar-refractivity contribution >= 4 is 36.2 Å². The number of nitrogens with zero attached hydrogens (tertiary/aromatic N) is 2. The smallest absolute Gasteiger partial charge is 0.325 e. The van der Waals surface area contributed by atoms with Gasteiger partial charge in [0.1, 0.15) is 35.7 Å². The first kappa shape index (κ1) is 31.0. The van der Waals surface area contributed by atoms with Crippen molar-refractivity contribution in [3.8, 4) is 11.5 Å². The zero-order chi connectivity index (χ0) is 30.2. The maximum absolute atomic E-state index is 11.7. The van der Waals surface area contributed by atoms with Gasteiger partial charge in [0.05, 0.1) is 0 Å². The number of aliphatic carboxylic acids is 2. The molecule has 0 saturated carbocycles. The number of rotatable bonds is 12. The summed E-state index contributed by atoms with van der Waals surface area (Å²) in [5.74, 6) is -2.55. The van der Waals surface area contributed by atoms with E-state index in [9.17, 15) is 19.2 Å². The van der Waals surface area contributed by atoms with Crippen molar-refractivity contribution in [3.05, 3.63) is 59.7 Å². The minimum atomic E-state index is -1.11. The number of aliphatic imine (C=N–C) groups is 2. The minimum absolute atomic E-state index is 0. The molecule has 0 fully saturated rings. The number of hydrogen-bond acceptors (Lipinski definition) is 8. The molecule has 0 spiro atoms. The van der Waals surface area contributed by atoms with Gasteiger partial charge < -0.3 is 31.1 Å². The third-order valence-electron chi connectivity index (χ3n) is 4.93. The summed E-state index contributed by atoms with van der Waals surface area (Å²) in [6.45, 7) is 5.84. The number of carboxylic acids is 2. The summed E-state index contributed by atoms with van der Waals surface area (Å²) < 4.78 is 13.8. The largest absolute Gasteiger partial charge is 0.507 e. The van der Waals surface area contributed by atoms with Crippen LogP contribution in [0.3, 0.4) is 0 Å². The van der Waals surface area contributed by atoms with E-state index in [1.54, 1.807) is 62.4 Å². The van der Waals surface area contributed by atoms with Gasteiger partial charge in [-0.2, -0.15) is 0 Å². The zero-order valence-corrected chi connectivity index (χ0v) is 22.6. The van der Waals surface area contributed by atoms with Crippen LogP contribution < -0.4 is 10.6 Å². The monoisotopic (exact) mass is 593 g/mol. The fourth-order valence-corrected chi connectivity index (χ4v) is 2.49. The number of hydrogen-bond donors (Lipinski definition) is 6. The van der Waals surface area contributed by atoms with Crippen molar-refractivity contribution in [2.45, 2.75) is 51.9 Å². The number of carbonyl (C=O) groups is 4. The molecule has 0 aliphatic carbocycles. The molecular formula is C26H32CuN4O8. The second-order valence-electron chi connectivity index (χ2n) is 8.12. The van der Waals surface area contributed by atoms with Crippen molar-refractivity contribution in [2.24, 2.45) is 9.98 Å². The van der Waals surface area contributed by atoms with Crippen molar-refractivity contribution in [3.63, 3.8) is 0 Å².